The highest BCUT2D eigenvalue weighted by Gasteiger charge is 2.40. The molecule has 1 aliphatic carbocycles. The predicted molar refractivity (Wildman–Crippen MR) is 112 cm³/mol. The number of hydrogen-bond donors (Lipinski definition) is 2. The van der Waals surface area contributed by atoms with E-state index in [-0.39, 0.29) is 17.7 Å². The Morgan fingerprint density at radius 3 is 2.59 bits per heavy atom. The molecule has 1 aromatic carbocycles. The maximum Gasteiger partial charge on any atom is 0.416 e. The molecule has 0 atom stereocenters. The largest absolute Gasteiger partial charge is 0.494 e. The average Bonchev–Trinajstić information content (AvgIpc) is 3.06. The maximum atomic E-state index is 12.9. The first-order valence-corrected chi connectivity index (χ1v) is 10.1. The summed E-state index contributed by atoms with van der Waals surface area (Å²) in [5.41, 5.74) is -1.09. The number of fused-ring (bicyclic) bond motifs is 1. The number of halogens is 3. The molecular weight excluding hydrogens is 425 g/mol. The summed E-state index contributed by atoms with van der Waals surface area (Å²) in [6.07, 6.45) is -0.173. The van der Waals surface area contributed by atoms with E-state index >= 15 is 0 Å². The Bertz CT molecular complexity index is 1160. The van der Waals surface area contributed by atoms with Crippen molar-refractivity contribution in [1.29, 1.82) is 0 Å². The second kappa shape index (κ2) is 7.77. The third kappa shape index (κ3) is 4.27. The fourth-order valence-electron chi connectivity index (χ4n) is 3.82. The number of carbonyl (C=O) groups excluding carboxylic acids is 1. The van der Waals surface area contributed by atoms with Gasteiger partial charge in [0.15, 0.2) is 0 Å². The van der Waals surface area contributed by atoms with E-state index in [0.717, 1.165) is 30.5 Å². The highest BCUT2D eigenvalue weighted by atomic mass is 19.4. The summed E-state index contributed by atoms with van der Waals surface area (Å²) >= 11 is 0. The number of rotatable bonds is 5. The van der Waals surface area contributed by atoms with Crippen LogP contribution in [0.3, 0.4) is 0 Å². The maximum absolute atomic E-state index is 12.9. The van der Waals surface area contributed by atoms with Crippen molar-refractivity contribution in [3.8, 4) is 5.75 Å². The van der Waals surface area contributed by atoms with E-state index in [1.54, 1.807) is 26.0 Å². The molecule has 1 amide bonds. The van der Waals surface area contributed by atoms with Crippen LogP contribution >= 0.6 is 0 Å². The molecule has 10 heteroatoms. The van der Waals surface area contributed by atoms with Crippen LogP contribution in [-0.2, 0) is 6.18 Å². The average molecular weight is 448 g/mol. The van der Waals surface area contributed by atoms with Gasteiger partial charge in [-0.15, -0.1) is 0 Å². The first-order valence-electron chi connectivity index (χ1n) is 10.1. The third-order valence-corrected chi connectivity index (χ3v) is 5.90. The van der Waals surface area contributed by atoms with Gasteiger partial charge in [0, 0.05) is 23.8 Å². The molecule has 0 aliphatic heterocycles. The Balaban J connectivity index is 1.57. The summed E-state index contributed by atoms with van der Waals surface area (Å²) < 4.78 is 46.0. The molecule has 0 spiro atoms. The van der Waals surface area contributed by atoms with Crippen molar-refractivity contribution >= 4 is 22.5 Å². The minimum atomic E-state index is -4.57. The monoisotopic (exact) mass is 448 g/mol. The number of anilines is 1. The Hall–Kier alpha value is -3.14. The van der Waals surface area contributed by atoms with Gasteiger partial charge in [-0.2, -0.15) is 18.3 Å². The molecule has 0 unspecified atom stereocenters. The SMILES string of the molecule is COc1cc2nn(C3CC(C(C)(C)O)C3)cc2cc1NC(=O)c1cc(C(F)(F)F)ccn1. The quantitative estimate of drug-likeness (QED) is 0.603. The number of carbonyl (C=O) groups is 1. The van der Waals surface area contributed by atoms with Gasteiger partial charge in [0.05, 0.1) is 35.5 Å². The molecule has 3 aromatic rings. The minimum Gasteiger partial charge on any atom is -0.494 e. The van der Waals surface area contributed by atoms with Gasteiger partial charge in [0.2, 0.25) is 0 Å². The summed E-state index contributed by atoms with van der Waals surface area (Å²) in [6, 6.07) is 4.99. The lowest BCUT2D eigenvalue weighted by Gasteiger charge is -2.42. The summed E-state index contributed by atoms with van der Waals surface area (Å²) in [5.74, 6) is -0.261. The molecule has 1 aliphatic rings. The van der Waals surface area contributed by atoms with Gasteiger partial charge in [-0.3, -0.25) is 14.5 Å². The van der Waals surface area contributed by atoms with Crippen molar-refractivity contribution in [2.45, 2.75) is 44.5 Å². The molecule has 2 heterocycles. The highest BCUT2D eigenvalue weighted by Crippen LogP contribution is 2.44. The fraction of sp³-hybridized carbons (Fsp3) is 0.409. The number of nitrogens with zero attached hydrogens (tertiary/aromatic N) is 3. The zero-order valence-corrected chi connectivity index (χ0v) is 17.8. The first-order chi connectivity index (χ1) is 15.0. The van der Waals surface area contributed by atoms with Crippen LogP contribution in [0.2, 0.25) is 0 Å². The predicted octanol–water partition coefficient (Wildman–Crippen LogP) is 4.43. The molecule has 2 aromatic heterocycles. The van der Waals surface area contributed by atoms with Crippen LogP contribution in [0.25, 0.3) is 10.9 Å². The first kappa shape index (κ1) is 22.1. The van der Waals surface area contributed by atoms with Crippen molar-refractivity contribution in [3.05, 3.63) is 47.9 Å². The topological polar surface area (TPSA) is 89.3 Å². The normalized spacial score (nSPS) is 19.0. The number of pyridine rings is 1. The van der Waals surface area contributed by atoms with E-state index in [4.69, 9.17) is 4.74 Å². The van der Waals surface area contributed by atoms with E-state index in [1.165, 1.54) is 7.11 Å². The van der Waals surface area contributed by atoms with Gasteiger partial charge >= 0.3 is 6.18 Å². The van der Waals surface area contributed by atoms with Gasteiger partial charge in [0.25, 0.3) is 5.91 Å². The minimum absolute atomic E-state index is 0.164. The molecule has 7 nitrogen and oxygen atoms in total. The van der Waals surface area contributed by atoms with E-state index in [0.29, 0.717) is 23.0 Å². The Morgan fingerprint density at radius 2 is 1.97 bits per heavy atom. The number of ether oxygens (including phenoxy) is 1. The highest BCUT2D eigenvalue weighted by molar-refractivity contribution is 6.05. The molecule has 0 bridgehead atoms. The molecule has 2 N–H and O–H groups in total. The Kier molecular flexibility index (Phi) is 5.36. The number of aliphatic hydroxyl groups is 1. The molecule has 4 rings (SSSR count). The lowest BCUT2D eigenvalue weighted by molar-refractivity contribution is -0.137. The molecule has 170 valence electrons. The second-order valence-corrected chi connectivity index (χ2v) is 8.58. The zero-order chi connectivity index (χ0) is 23.3. The van der Waals surface area contributed by atoms with Crippen molar-refractivity contribution in [2.75, 3.05) is 12.4 Å². The number of aromatic nitrogens is 3. The van der Waals surface area contributed by atoms with Crippen LogP contribution < -0.4 is 10.1 Å². The van der Waals surface area contributed by atoms with E-state index in [1.807, 2.05) is 10.9 Å². The van der Waals surface area contributed by atoms with Crippen LogP contribution in [0.1, 0.15) is 48.8 Å². The summed E-state index contributed by atoms with van der Waals surface area (Å²) in [6.45, 7) is 3.60. The second-order valence-electron chi connectivity index (χ2n) is 8.58. The fourth-order valence-corrected chi connectivity index (χ4v) is 3.82. The van der Waals surface area contributed by atoms with Crippen LogP contribution in [0, 0.1) is 5.92 Å². The van der Waals surface area contributed by atoms with E-state index in [2.05, 4.69) is 15.4 Å². The van der Waals surface area contributed by atoms with Crippen LogP contribution in [0.4, 0.5) is 18.9 Å². The number of benzene rings is 1. The van der Waals surface area contributed by atoms with Crippen molar-refractivity contribution in [3.63, 3.8) is 0 Å². The lowest BCUT2D eigenvalue weighted by Crippen LogP contribution is -2.41. The Labute approximate surface area is 182 Å². The summed E-state index contributed by atoms with van der Waals surface area (Å²) in [5, 5.41) is 18.0. The van der Waals surface area contributed by atoms with Crippen LogP contribution in [0.15, 0.2) is 36.7 Å². The zero-order valence-electron chi connectivity index (χ0n) is 17.8. The third-order valence-electron chi connectivity index (χ3n) is 5.90. The van der Waals surface area contributed by atoms with Gasteiger partial charge in [-0.05, 0) is 50.8 Å². The molecule has 1 fully saturated rings. The van der Waals surface area contributed by atoms with Crippen LogP contribution in [-0.4, -0.2) is 38.5 Å². The smallest absolute Gasteiger partial charge is 0.416 e. The van der Waals surface area contributed by atoms with E-state index < -0.39 is 23.2 Å². The van der Waals surface area contributed by atoms with Crippen molar-refractivity contribution in [1.82, 2.24) is 14.8 Å². The number of nitrogens with one attached hydrogen (secondary N) is 1. The number of hydrogen-bond acceptors (Lipinski definition) is 5. The molecular formula is C22H23F3N4O3. The van der Waals surface area contributed by atoms with Gasteiger partial charge in [0.1, 0.15) is 11.4 Å². The molecule has 0 radical (unpaired) electrons. The van der Waals surface area contributed by atoms with E-state index in [9.17, 15) is 23.1 Å². The molecule has 1 saturated carbocycles. The Morgan fingerprint density at radius 1 is 1.25 bits per heavy atom. The van der Waals surface area contributed by atoms with Crippen molar-refractivity contribution < 1.29 is 27.8 Å². The molecule has 32 heavy (non-hydrogen) atoms. The molecule has 0 saturated heterocycles. The summed E-state index contributed by atoms with van der Waals surface area (Å²) in [4.78, 5) is 16.3. The lowest BCUT2D eigenvalue weighted by atomic mass is 9.71. The van der Waals surface area contributed by atoms with Gasteiger partial charge in [-0.1, -0.05) is 0 Å². The summed E-state index contributed by atoms with van der Waals surface area (Å²) in [7, 11) is 1.43. The number of methoxy groups -OCH3 is 1. The van der Waals surface area contributed by atoms with Gasteiger partial charge in [-0.25, -0.2) is 0 Å². The standard InChI is InChI=1S/C22H23F3N4O3/c1-21(2,31)14-7-15(8-14)29-11-12-6-17(19(32-3)10-16(12)28-29)27-20(30)18-9-13(4-5-26-18)22(23,24)25/h4-6,9-11,14-15,31H,7-8H2,1-3H3,(H,27,30). The number of amides is 1. The number of alkyl halides is 3. The van der Waals surface area contributed by atoms with Crippen molar-refractivity contribution in [2.24, 2.45) is 5.92 Å². The van der Waals surface area contributed by atoms with Gasteiger partial charge < -0.3 is 15.2 Å². The van der Waals surface area contributed by atoms with Crippen LogP contribution in [0.5, 0.6) is 5.75 Å².